The van der Waals surface area contributed by atoms with Crippen molar-refractivity contribution in [3.63, 3.8) is 0 Å². The number of carbonyl (C=O) groups excluding carboxylic acids is 1. The van der Waals surface area contributed by atoms with Crippen LogP contribution in [0.5, 0.6) is 0 Å². The highest BCUT2D eigenvalue weighted by atomic mass is 19.4. The summed E-state index contributed by atoms with van der Waals surface area (Å²) in [5, 5.41) is 5.69. The van der Waals surface area contributed by atoms with Gasteiger partial charge in [0.05, 0.1) is 11.1 Å². The van der Waals surface area contributed by atoms with E-state index in [1.165, 1.54) is 12.1 Å². The number of halogens is 3. The third-order valence-electron chi connectivity index (χ3n) is 3.71. The van der Waals surface area contributed by atoms with E-state index in [1.807, 2.05) is 0 Å². The Morgan fingerprint density at radius 1 is 1.12 bits per heavy atom. The molecule has 0 saturated heterocycles. The van der Waals surface area contributed by atoms with E-state index >= 15 is 0 Å². The molecule has 1 amide bonds. The fourth-order valence-electron chi connectivity index (χ4n) is 2.58. The number of amides is 1. The molecule has 24 heavy (non-hydrogen) atoms. The van der Waals surface area contributed by atoms with Crippen LogP contribution < -0.4 is 16.4 Å². The van der Waals surface area contributed by atoms with Crippen molar-refractivity contribution in [2.24, 2.45) is 0 Å². The van der Waals surface area contributed by atoms with Gasteiger partial charge in [0.15, 0.2) is 0 Å². The molecule has 0 atom stereocenters. The van der Waals surface area contributed by atoms with Crippen LogP contribution in [0.1, 0.15) is 18.1 Å². The fourth-order valence-corrected chi connectivity index (χ4v) is 2.58. The van der Waals surface area contributed by atoms with Gasteiger partial charge in [-0.15, -0.1) is 0 Å². The molecule has 4 N–H and O–H groups in total. The molecular formula is C17H14F3N3O. The molecule has 124 valence electrons. The molecule has 2 aromatic rings. The van der Waals surface area contributed by atoms with E-state index in [9.17, 15) is 18.0 Å². The first-order valence-electron chi connectivity index (χ1n) is 7.12. The van der Waals surface area contributed by atoms with E-state index < -0.39 is 11.7 Å². The second-order valence-electron chi connectivity index (χ2n) is 5.46. The fraction of sp³-hybridized carbons (Fsp3) is 0.118. The maximum atomic E-state index is 12.6. The number of fused-ring (bicyclic) bond motifs is 1. The van der Waals surface area contributed by atoms with Crippen LogP contribution >= 0.6 is 0 Å². The highest BCUT2D eigenvalue weighted by Gasteiger charge is 2.30. The lowest BCUT2D eigenvalue weighted by Crippen LogP contribution is -2.09. The number of nitrogen functional groups attached to an aromatic ring is 1. The Morgan fingerprint density at radius 3 is 2.42 bits per heavy atom. The van der Waals surface area contributed by atoms with Crippen LogP contribution in [0.2, 0.25) is 0 Å². The molecule has 0 fully saturated rings. The average Bonchev–Trinajstić information content (AvgIpc) is 2.82. The first kappa shape index (κ1) is 15.9. The van der Waals surface area contributed by atoms with Gasteiger partial charge in [-0.2, -0.15) is 13.2 Å². The van der Waals surface area contributed by atoms with Gasteiger partial charge in [-0.25, -0.2) is 0 Å². The summed E-state index contributed by atoms with van der Waals surface area (Å²) in [5.41, 5.74) is 8.26. The van der Waals surface area contributed by atoms with Gasteiger partial charge in [0.1, 0.15) is 0 Å². The molecule has 0 bridgehead atoms. The van der Waals surface area contributed by atoms with Gasteiger partial charge >= 0.3 is 6.18 Å². The summed E-state index contributed by atoms with van der Waals surface area (Å²) in [6.45, 7) is 1.69. The number of carbonyl (C=O) groups is 1. The summed E-state index contributed by atoms with van der Waals surface area (Å²) < 4.78 is 37.8. The molecule has 0 radical (unpaired) electrons. The van der Waals surface area contributed by atoms with E-state index in [0.29, 0.717) is 33.9 Å². The number of anilines is 3. The quantitative estimate of drug-likeness (QED) is 0.573. The maximum Gasteiger partial charge on any atom is 0.416 e. The minimum Gasteiger partial charge on any atom is -0.399 e. The zero-order valence-electron chi connectivity index (χ0n) is 12.7. The molecule has 0 spiro atoms. The van der Waals surface area contributed by atoms with Gasteiger partial charge in [0.2, 0.25) is 0 Å². The molecule has 0 unspecified atom stereocenters. The third-order valence-corrected chi connectivity index (χ3v) is 3.71. The minimum atomic E-state index is -4.38. The Kier molecular flexibility index (Phi) is 3.71. The average molecular weight is 333 g/mol. The monoisotopic (exact) mass is 333 g/mol. The summed E-state index contributed by atoms with van der Waals surface area (Å²) in [7, 11) is 0. The maximum absolute atomic E-state index is 12.6. The topological polar surface area (TPSA) is 67.2 Å². The van der Waals surface area contributed by atoms with E-state index in [-0.39, 0.29) is 5.91 Å². The van der Waals surface area contributed by atoms with Gasteiger partial charge in [-0.05, 0) is 49.4 Å². The van der Waals surface area contributed by atoms with Gasteiger partial charge in [-0.1, -0.05) is 0 Å². The molecule has 0 aliphatic carbocycles. The Balaban J connectivity index is 1.92. The molecule has 3 rings (SSSR count). The van der Waals surface area contributed by atoms with Crippen molar-refractivity contribution in [3.05, 3.63) is 59.3 Å². The van der Waals surface area contributed by atoms with Crippen molar-refractivity contribution in [3.8, 4) is 0 Å². The number of hydrogen-bond donors (Lipinski definition) is 3. The second-order valence-corrected chi connectivity index (χ2v) is 5.46. The third kappa shape index (κ3) is 2.92. The Hall–Kier alpha value is -2.96. The largest absolute Gasteiger partial charge is 0.416 e. The molecule has 2 aromatic carbocycles. The Labute approximate surface area is 136 Å². The highest BCUT2D eigenvalue weighted by molar-refractivity contribution is 6.32. The highest BCUT2D eigenvalue weighted by Crippen LogP contribution is 2.35. The van der Waals surface area contributed by atoms with Crippen LogP contribution in [-0.2, 0) is 11.0 Å². The van der Waals surface area contributed by atoms with Crippen LogP contribution in [0.25, 0.3) is 5.57 Å². The number of alkyl halides is 3. The van der Waals surface area contributed by atoms with Crippen LogP contribution in [0, 0.1) is 0 Å². The normalized spacial score (nSPS) is 15.8. The predicted molar refractivity (Wildman–Crippen MR) is 87.1 cm³/mol. The van der Waals surface area contributed by atoms with Crippen LogP contribution in [-0.4, -0.2) is 5.91 Å². The van der Waals surface area contributed by atoms with Gasteiger partial charge in [0.25, 0.3) is 5.91 Å². The number of nitrogens with two attached hydrogens (primary N) is 1. The van der Waals surface area contributed by atoms with E-state index in [1.54, 1.807) is 25.1 Å². The zero-order chi connectivity index (χ0) is 17.5. The lowest BCUT2D eigenvalue weighted by atomic mass is 10.0. The molecule has 1 heterocycles. The lowest BCUT2D eigenvalue weighted by Gasteiger charge is -2.11. The molecule has 1 aliphatic rings. The van der Waals surface area contributed by atoms with E-state index in [4.69, 9.17) is 5.73 Å². The lowest BCUT2D eigenvalue weighted by molar-refractivity contribution is -0.137. The Bertz CT molecular complexity index is 839. The molecule has 0 aromatic heterocycles. The van der Waals surface area contributed by atoms with Crippen molar-refractivity contribution in [1.29, 1.82) is 0 Å². The number of benzene rings is 2. The number of hydrogen-bond acceptors (Lipinski definition) is 3. The van der Waals surface area contributed by atoms with Crippen molar-refractivity contribution in [2.75, 3.05) is 16.4 Å². The van der Waals surface area contributed by atoms with Crippen LogP contribution in [0.3, 0.4) is 0 Å². The number of nitrogens with one attached hydrogen (secondary N) is 2. The SMILES string of the molecule is CC(Nc1ccc(C(F)(F)F)cc1)=C1C(=O)Nc2ccc(N)cc21. The van der Waals surface area contributed by atoms with Gasteiger partial charge < -0.3 is 16.4 Å². The summed E-state index contributed by atoms with van der Waals surface area (Å²) in [5.74, 6) is -0.285. The van der Waals surface area contributed by atoms with Crippen molar-refractivity contribution < 1.29 is 18.0 Å². The van der Waals surface area contributed by atoms with Crippen molar-refractivity contribution >= 4 is 28.5 Å². The minimum absolute atomic E-state index is 0.285. The molecule has 7 heteroatoms. The standard InChI is InChI=1S/C17H14F3N3O/c1-9(22-12-5-2-10(3-6-12)17(18,19)20)15-13-8-11(21)4-7-14(13)23-16(15)24/h2-8,22H,21H2,1H3,(H,23,24). The second kappa shape index (κ2) is 5.59. The van der Waals surface area contributed by atoms with E-state index in [0.717, 1.165) is 12.1 Å². The zero-order valence-corrected chi connectivity index (χ0v) is 12.7. The van der Waals surface area contributed by atoms with E-state index in [2.05, 4.69) is 10.6 Å². The van der Waals surface area contributed by atoms with Crippen LogP contribution in [0.4, 0.5) is 30.2 Å². The first-order valence-corrected chi connectivity index (χ1v) is 7.12. The summed E-state index contributed by atoms with van der Waals surface area (Å²) >= 11 is 0. The summed E-state index contributed by atoms with van der Waals surface area (Å²) in [6, 6.07) is 9.68. The molecule has 4 nitrogen and oxygen atoms in total. The molecular weight excluding hydrogens is 319 g/mol. The van der Waals surface area contributed by atoms with Crippen molar-refractivity contribution in [1.82, 2.24) is 0 Å². The number of rotatable bonds is 2. The predicted octanol–water partition coefficient (Wildman–Crippen LogP) is 4.08. The summed E-state index contributed by atoms with van der Waals surface area (Å²) in [4.78, 5) is 12.2. The molecule has 1 aliphatic heterocycles. The van der Waals surface area contributed by atoms with Crippen LogP contribution in [0.15, 0.2) is 48.2 Å². The van der Waals surface area contributed by atoms with Crippen molar-refractivity contribution in [2.45, 2.75) is 13.1 Å². The van der Waals surface area contributed by atoms with Gasteiger partial charge in [-0.3, -0.25) is 4.79 Å². The first-order chi connectivity index (χ1) is 11.3. The molecule has 0 saturated carbocycles. The van der Waals surface area contributed by atoms with Gasteiger partial charge in [0, 0.05) is 28.3 Å². The number of allylic oxidation sites excluding steroid dienone is 1. The summed E-state index contributed by atoms with van der Waals surface area (Å²) in [6.07, 6.45) is -4.38. The smallest absolute Gasteiger partial charge is 0.399 e. The Morgan fingerprint density at radius 2 is 1.79 bits per heavy atom.